The largest absolute Gasteiger partial charge is 0.459 e. The molecule has 0 aromatic carbocycles. The summed E-state index contributed by atoms with van der Waals surface area (Å²) in [5.41, 5.74) is 0. The van der Waals surface area contributed by atoms with Crippen molar-refractivity contribution < 1.29 is 9.53 Å². The van der Waals surface area contributed by atoms with Crippen molar-refractivity contribution in [1.82, 2.24) is 0 Å². The molecule has 0 bridgehead atoms. The summed E-state index contributed by atoms with van der Waals surface area (Å²) in [7, 11) is 0. The molecule has 0 aromatic heterocycles. The maximum atomic E-state index is 11.0. The van der Waals surface area contributed by atoms with E-state index < -0.39 is 0 Å². The van der Waals surface area contributed by atoms with Crippen LogP contribution in [0, 0.1) is 0 Å². The number of esters is 1. The Kier molecular flexibility index (Phi) is 5.86. The van der Waals surface area contributed by atoms with Gasteiger partial charge in [0.05, 0.1) is 6.10 Å². The molecule has 0 saturated heterocycles. The Morgan fingerprint density at radius 2 is 2.27 bits per heavy atom. The third-order valence-electron chi connectivity index (χ3n) is 1.17. The Labute approximate surface area is 83.2 Å². The Hall–Kier alpha value is 0.170. The average Bonchev–Trinajstić information content (AvgIpc) is 2.02. The summed E-state index contributed by atoms with van der Waals surface area (Å²) in [5, 5.41) is 0. The molecular weight excluding hydrogens is 276 g/mol. The summed E-state index contributed by atoms with van der Waals surface area (Å²) in [6, 6.07) is 0. The van der Waals surface area contributed by atoms with Crippen molar-refractivity contribution in [3.05, 3.63) is 9.47 Å². The van der Waals surface area contributed by atoms with E-state index in [1.54, 1.807) is 0 Å². The second kappa shape index (κ2) is 5.77. The SMILES string of the molecule is CCC(C)OC(=O)C(Br)=CBr. The molecule has 0 aliphatic rings. The highest BCUT2D eigenvalue weighted by Gasteiger charge is 2.09. The van der Waals surface area contributed by atoms with Crippen molar-refractivity contribution in [2.75, 3.05) is 0 Å². The second-order valence-corrected chi connectivity index (χ2v) is 3.39. The lowest BCUT2D eigenvalue weighted by Gasteiger charge is -2.09. The lowest BCUT2D eigenvalue weighted by Crippen LogP contribution is -2.13. The molecule has 0 fully saturated rings. The highest BCUT2D eigenvalue weighted by molar-refractivity contribution is 9.14. The summed E-state index contributed by atoms with van der Waals surface area (Å²) >= 11 is 6.06. The zero-order chi connectivity index (χ0) is 8.85. The Morgan fingerprint density at radius 3 is 2.64 bits per heavy atom. The highest BCUT2D eigenvalue weighted by Crippen LogP contribution is 2.11. The number of carbonyl (C=O) groups is 1. The number of ether oxygens (including phenoxy) is 1. The third-order valence-corrected chi connectivity index (χ3v) is 2.80. The molecule has 0 aromatic rings. The van der Waals surface area contributed by atoms with Gasteiger partial charge < -0.3 is 4.74 Å². The smallest absolute Gasteiger partial charge is 0.346 e. The molecule has 4 heteroatoms. The molecular formula is C7H10Br2O2. The van der Waals surface area contributed by atoms with Crippen LogP contribution >= 0.6 is 31.9 Å². The average molecular weight is 286 g/mol. The van der Waals surface area contributed by atoms with E-state index in [-0.39, 0.29) is 12.1 Å². The van der Waals surface area contributed by atoms with E-state index in [1.807, 2.05) is 13.8 Å². The minimum atomic E-state index is -0.337. The topological polar surface area (TPSA) is 26.3 Å². The summed E-state index contributed by atoms with van der Waals surface area (Å²) < 4.78 is 5.37. The van der Waals surface area contributed by atoms with Gasteiger partial charge in [-0.2, -0.15) is 0 Å². The molecule has 0 saturated carbocycles. The van der Waals surface area contributed by atoms with Gasteiger partial charge in [0.2, 0.25) is 0 Å². The predicted molar refractivity (Wildman–Crippen MR) is 51.8 cm³/mol. The van der Waals surface area contributed by atoms with Gasteiger partial charge in [-0.15, -0.1) is 0 Å². The molecule has 2 nitrogen and oxygen atoms in total. The quantitative estimate of drug-likeness (QED) is 0.589. The zero-order valence-electron chi connectivity index (χ0n) is 6.43. The molecule has 0 aliphatic heterocycles. The van der Waals surface area contributed by atoms with Gasteiger partial charge in [-0.1, -0.05) is 22.9 Å². The number of hydrogen-bond donors (Lipinski definition) is 0. The normalized spacial score (nSPS) is 14.4. The minimum absolute atomic E-state index is 0.0255. The van der Waals surface area contributed by atoms with E-state index in [0.717, 1.165) is 6.42 Å². The maximum Gasteiger partial charge on any atom is 0.346 e. The molecule has 0 spiro atoms. The second-order valence-electron chi connectivity index (χ2n) is 2.08. The van der Waals surface area contributed by atoms with Gasteiger partial charge in [0.1, 0.15) is 4.48 Å². The first kappa shape index (κ1) is 11.2. The van der Waals surface area contributed by atoms with E-state index in [1.165, 1.54) is 4.99 Å². The number of carbonyl (C=O) groups excluding carboxylic acids is 1. The maximum absolute atomic E-state index is 11.0. The monoisotopic (exact) mass is 284 g/mol. The summed E-state index contributed by atoms with van der Waals surface area (Å²) in [6.07, 6.45) is 0.802. The van der Waals surface area contributed by atoms with Gasteiger partial charge in [-0.3, -0.25) is 0 Å². The molecule has 11 heavy (non-hydrogen) atoms. The third kappa shape index (κ3) is 4.58. The predicted octanol–water partition coefficient (Wildman–Crippen LogP) is 2.96. The molecule has 0 aliphatic carbocycles. The van der Waals surface area contributed by atoms with Gasteiger partial charge in [0.15, 0.2) is 0 Å². The van der Waals surface area contributed by atoms with E-state index in [4.69, 9.17) is 4.74 Å². The Balaban J connectivity index is 3.88. The Morgan fingerprint density at radius 1 is 1.73 bits per heavy atom. The van der Waals surface area contributed by atoms with Crippen LogP contribution in [0.25, 0.3) is 0 Å². The fourth-order valence-corrected chi connectivity index (χ4v) is 0.647. The molecule has 64 valence electrons. The van der Waals surface area contributed by atoms with Gasteiger partial charge in [0, 0.05) is 4.99 Å². The van der Waals surface area contributed by atoms with Crippen molar-refractivity contribution in [2.24, 2.45) is 0 Å². The molecule has 0 heterocycles. The van der Waals surface area contributed by atoms with Crippen molar-refractivity contribution in [3.8, 4) is 0 Å². The van der Waals surface area contributed by atoms with Crippen LogP contribution < -0.4 is 0 Å². The van der Waals surface area contributed by atoms with E-state index >= 15 is 0 Å². The molecule has 0 N–H and O–H groups in total. The molecule has 0 amide bonds. The van der Waals surface area contributed by atoms with Crippen molar-refractivity contribution >= 4 is 37.8 Å². The standard InChI is InChI=1S/C7H10Br2O2/c1-3-5(2)11-7(10)6(9)4-8/h4-5H,3H2,1-2H3. The van der Waals surface area contributed by atoms with Crippen molar-refractivity contribution in [1.29, 1.82) is 0 Å². The first-order chi connectivity index (χ1) is 5.11. The molecule has 1 atom stereocenters. The van der Waals surface area contributed by atoms with E-state index in [0.29, 0.717) is 4.48 Å². The van der Waals surface area contributed by atoms with Gasteiger partial charge in [0.25, 0.3) is 0 Å². The highest BCUT2D eigenvalue weighted by atomic mass is 79.9. The van der Waals surface area contributed by atoms with Gasteiger partial charge in [-0.25, -0.2) is 4.79 Å². The summed E-state index contributed by atoms with van der Waals surface area (Å²) in [6.45, 7) is 3.82. The summed E-state index contributed by atoms with van der Waals surface area (Å²) in [5.74, 6) is -0.337. The van der Waals surface area contributed by atoms with Crippen LogP contribution in [0.4, 0.5) is 0 Å². The van der Waals surface area contributed by atoms with E-state index in [2.05, 4.69) is 31.9 Å². The van der Waals surface area contributed by atoms with E-state index in [9.17, 15) is 4.79 Å². The van der Waals surface area contributed by atoms with Crippen LogP contribution in [-0.4, -0.2) is 12.1 Å². The van der Waals surface area contributed by atoms with Gasteiger partial charge >= 0.3 is 5.97 Å². The van der Waals surface area contributed by atoms with Gasteiger partial charge in [-0.05, 0) is 29.3 Å². The van der Waals surface area contributed by atoms with Crippen molar-refractivity contribution in [3.63, 3.8) is 0 Å². The first-order valence-electron chi connectivity index (χ1n) is 3.28. The van der Waals surface area contributed by atoms with Crippen molar-refractivity contribution in [2.45, 2.75) is 26.4 Å². The molecule has 0 radical (unpaired) electrons. The Bertz CT molecular complexity index is 166. The molecule has 0 rings (SSSR count). The lowest BCUT2D eigenvalue weighted by atomic mass is 10.3. The fraction of sp³-hybridized carbons (Fsp3) is 0.571. The van der Waals surface area contributed by atoms with Crippen LogP contribution in [0.1, 0.15) is 20.3 Å². The van der Waals surface area contributed by atoms with Crippen LogP contribution in [0.5, 0.6) is 0 Å². The van der Waals surface area contributed by atoms with Crippen LogP contribution in [0.15, 0.2) is 9.47 Å². The fourth-order valence-electron chi connectivity index (χ4n) is 0.367. The summed E-state index contributed by atoms with van der Waals surface area (Å²) in [4.78, 5) is 12.5. The van der Waals surface area contributed by atoms with Crippen LogP contribution in [0.2, 0.25) is 0 Å². The number of rotatable bonds is 3. The first-order valence-corrected chi connectivity index (χ1v) is 4.99. The number of hydrogen-bond acceptors (Lipinski definition) is 2. The lowest BCUT2D eigenvalue weighted by molar-refractivity contribution is -0.142. The van der Waals surface area contributed by atoms with Crippen LogP contribution in [-0.2, 0) is 9.53 Å². The molecule has 1 unspecified atom stereocenters. The zero-order valence-corrected chi connectivity index (χ0v) is 9.61. The van der Waals surface area contributed by atoms with Crippen LogP contribution in [0.3, 0.4) is 0 Å². The number of halogens is 2. The minimum Gasteiger partial charge on any atom is -0.459 e.